The van der Waals surface area contributed by atoms with Crippen molar-refractivity contribution < 1.29 is 0 Å². The summed E-state index contributed by atoms with van der Waals surface area (Å²) < 4.78 is 0. The van der Waals surface area contributed by atoms with E-state index in [9.17, 15) is 0 Å². The average molecular weight is 481 g/mol. The van der Waals surface area contributed by atoms with Gasteiger partial charge in [-0.3, -0.25) is 4.99 Å². The fraction of sp³-hybridized carbons (Fsp3) is 0.263. The van der Waals surface area contributed by atoms with Crippen molar-refractivity contribution in [1.29, 1.82) is 0 Å². The molecule has 7 heteroatoms. The molecule has 26 heavy (non-hydrogen) atoms. The summed E-state index contributed by atoms with van der Waals surface area (Å²) in [6.07, 6.45) is 1.88. The highest BCUT2D eigenvalue weighted by atomic mass is 127. The van der Waals surface area contributed by atoms with E-state index in [4.69, 9.17) is 0 Å². The first-order valence-corrected chi connectivity index (χ1v) is 9.04. The van der Waals surface area contributed by atoms with Gasteiger partial charge in [-0.15, -0.1) is 35.3 Å². The molecule has 0 fully saturated rings. The van der Waals surface area contributed by atoms with Gasteiger partial charge in [-0.1, -0.05) is 30.3 Å². The minimum absolute atomic E-state index is 0. The lowest BCUT2D eigenvalue weighted by Crippen LogP contribution is -2.38. The smallest absolute Gasteiger partial charge is 0.194 e. The van der Waals surface area contributed by atoms with E-state index in [1.54, 1.807) is 18.4 Å². The molecule has 0 radical (unpaired) electrons. The third kappa shape index (κ3) is 5.31. The first-order chi connectivity index (χ1) is 12.2. The summed E-state index contributed by atoms with van der Waals surface area (Å²) in [6, 6.07) is 14.5. The highest BCUT2D eigenvalue weighted by molar-refractivity contribution is 14.0. The molecule has 0 spiro atoms. The number of aryl methyl sites for hydroxylation is 1. The summed E-state index contributed by atoms with van der Waals surface area (Å²) in [5.74, 6) is 1.76. The third-order valence-corrected chi connectivity index (χ3v) is 4.89. The highest BCUT2D eigenvalue weighted by Crippen LogP contribution is 2.17. The van der Waals surface area contributed by atoms with Gasteiger partial charge in [0, 0.05) is 23.8 Å². The van der Waals surface area contributed by atoms with Crippen LogP contribution in [0.1, 0.15) is 15.6 Å². The number of nitrogens with zero attached hydrogens (tertiary/aromatic N) is 3. The highest BCUT2D eigenvalue weighted by Gasteiger charge is 2.10. The first kappa shape index (κ1) is 20.4. The number of aliphatic imine (C=N–C) groups is 1. The standard InChI is InChI=1S/C19H23N5S.HI/c1-14-9-10-16(25-14)11-22-19(20-2)24(3)13-18-21-12-17(23-18)15-7-5-4-6-8-15;/h4-10,12H,11,13H2,1-3H3,(H,20,22)(H,21,23);1H. The van der Waals surface area contributed by atoms with Crippen LogP contribution < -0.4 is 5.32 Å². The Morgan fingerprint density at radius 2 is 2.00 bits per heavy atom. The van der Waals surface area contributed by atoms with Gasteiger partial charge in [-0.2, -0.15) is 0 Å². The van der Waals surface area contributed by atoms with Crippen molar-refractivity contribution in [3.8, 4) is 11.3 Å². The van der Waals surface area contributed by atoms with Gasteiger partial charge in [0.2, 0.25) is 0 Å². The van der Waals surface area contributed by atoms with Crippen LogP contribution in [0.25, 0.3) is 11.3 Å². The second kappa shape index (κ2) is 9.72. The summed E-state index contributed by atoms with van der Waals surface area (Å²) >= 11 is 1.80. The quantitative estimate of drug-likeness (QED) is 0.325. The predicted molar refractivity (Wildman–Crippen MR) is 120 cm³/mol. The molecule has 0 atom stereocenters. The Balaban J connectivity index is 0.00000243. The van der Waals surface area contributed by atoms with Crippen LogP contribution in [0, 0.1) is 6.92 Å². The molecule has 138 valence electrons. The number of halogens is 1. The fourth-order valence-corrected chi connectivity index (χ4v) is 3.47. The Bertz CT molecular complexity index is 841. The number of hydrogen-bond acceptors (Lipinski definition) is 3. The number of H-pyrrole nitrogens is 1. The summed E-state index contributed by atoms with van der Waals surface area (Å²) in [6.45, 7) is 3.56. The van der Waals surface area contributed by atoms with Crippen LogP contribution >= 0.6 is 35.3 Å². The van der Waals surface area contributed by atoms with Crippen LogP contribution in [0.5, 0.6) is 0 Å². The largest absolute Gasteiger partial charge is 0.351 e. The third-order valence-electron chi connectivity index (χ3n) is 3.89. The van der Waals surface area contributed by atoms with Gasteiger partial charge in [0.05, 0.1) is 25.0 Å². The molecule has 5 nitrogen and oxygen atoms in total. The van der Waals surface area contributed by atoms with Gasteiger partial charge in [0.25, 0.3) is 0 Å². The number of aromatic nitrogens is 2. The predicted octanol–water partition coefficient (Wildman–Crippen LogP) is 4.27. The second-order valence-corrected chi connectivity index (χ2v) is 7.25. The maximum atomic E-state index is 4.49. The number of nitrogens with one attached hydrogen (secondary N) is 2. The fourth-order valence-electron chi connectivity index (χ4n) is 2.64. The van der Waals surface area contributed by atoms with E-state index in [0.29, 0.717) is 6.54 Å². The molecule has 0 saturated heterocycles. The lowest BCUT2D eigenvalue weighted by atomic mass is 10.2. The molecular weight excluding hydrogens is 457 g/mol. The molecule has 1 aromatic carbocycles. The van der Waals surface area contributed by atoms with E-state index in [2.05, 4.69) is 56.4 Å². The van der Waals surface area contributed by atoms with Crippen molar-refractivity contribution in [3.05, 3.63) is 64.2 Å². The van der Waals surface area contributed by atoms with Crippen LogP contribution in [0.3, 0.4) is 0 Å². The topological polar surface area (TPSA) is 56.3 Å². The molecule has 0 aliphatic heterocycles. The minimum Gasteiger partial charge on any atom is -0.351 e. The molecule has 2 aromatic heterocycles. The van der Waals surface area contributed by atoms with Crippen molar-refractivity contribution in [3.63, 3.8) is 0 Å². The Kier molecular flexibility index (Phi) is 7.65. The van der Waals surface area contributed by atoms with Crippen LogP contribution in [0.4, 0.5) is 0 Å². The van der Waals surface area contributed by atoms with E-state index in [-0.39, 0.29) is 24.0 Å². The minimum atomic E-state index is 0. The van der Waals surface area contributed by atoms with E-state index in [1.807, 2.05) is 31.4 Å². The number of guanidine groups is 1. The van der Waals surface area contributed by atoms with Crippen molar-refractivity contribution in [2.45, 2.75) is 20.0 Å². The molecule has 2 N–H and O–H groups in total. The zero-order chi connectivity index (χ0) is 17.6. The van der Waals surface area contributed by atoms with Crippen LogP contribution in [-0.4, -0.2) is 34.9 Å². The molecule has 0 aliphatic carbocycles. The van der Waals surface area contributed by atoms with E-state index >= 15 is 0 Å². The zero-order valence-corrected chi connectivity index (χ0v) is 18.3. The average Bonchev–Trinajstić information content (AvgIpc) is 3.25. The van der Waals surface area contributed by atoms with Crippen LogP contribution in [-0.2, 0) is 13.1 Å². The van der Waals surface area contributed by atoms with Crippen molar-refractivity contribution in [2.24, 2.45) is 4.99 Å². The normalized spacial score (nSPS) is 11.1. The maximum Gasteiger partial charge on any atom is 0.194 e. The molecule has 3 rings (SSSR count). The number of benzene rings is 1. The molecule has 0 saturated carbocycles. The summed E-state index contributed by atoms with van der Waals surface area (Å²) in [5, 5.41) is 3.40. The molecule has 0 amide bonds. The van der Waals surface area contributed by atoms with Crippen molar-refractivity contribution >= 4 is 41.3 Å². The SMILES string of the molecule is CN=C(NCc1ccc(C)s1)N(C)Cc1ncc(-c2ccccc2)[nH]1.I. The molecule has 2 heterocycles. The Labute approximate surface area is 175 Å². The van der Waals surface area contributed by atoms with Crippen LogP contribution in [0.15, 0.2) is 53.7 Å². The summed E-state index contributed by atoms with van der Waals surface area (Å²) in [5.41, 5.74) is 2.17. The Hall–Kier alpha value is -1.87. The van der Waals surface area contributed by atoms with Crippen molar-refractivity contribution in [2.75, 3.05) is 14.1 Å². The number of aromatic amines is 1. The second-order valence-electron chi connectivity index (χ2n) is 5.88. The molecule has 0 bridgehead atoms. The molecular formula is C19H24IN5S. The number of imidazole rings is 1. The van der Waals surface area contributed by atoms with Gasteiger partial charge in [0.15, 0.2) is 5.96 Å². The van der Waals surface area contributed by atoms with Gasteiger partial charge in [0.1, 0.15) is 5.82 Å². The van der Waals surface area contributed by atoms with Gasteiger partial charge >= 0.3 is 0 Å². The first-order valence-electron chi connectivity index (χ1n) is 8.22. The summed E-state index contributed by atoms with van der Waals surface area (Å²) in [7, 11) is 3.82. The van der Waals surface area contributed by atoms with Gasteiger partial charge < -0.3 is 15.2 Å². The van der Waals surface area contributed by atoms with Gasteiger partial charge in [-0.25, -0.2) is 4.98 Å². The monoisotopic (exact) mass is 481 g/mol. The number of rotatable bonds is 5. The van der Waals surface area contributed by atoms with E-state index in [0.717, 1.165) is 29.6 Å². The number of thiophene rings is 1. The lowest BCUT2D eigenvalue weighted by molar-refractivity contribution is 0.464. The number of hydrogen-bond donors (Lipinski definition) is 2. The molecule has 3 aromatic rings. The van der Waals surface area contributed by atoms with Gasteiger partial charge in [-0.05, 0) is 24.6 Å². The van der Waals surface area contributed by atoms with Crippen molar-refractivity contribution in [1.82, 2.24) is 20.2 Å². The summed E-state index contributed by atoms with van der Waals surface area (Å²) in [4.78, 5) is 16.9. The lowest BCUT2D eigenvalue weighted by Gasteiger charge is -2.20. The van der Waals surface area contributed by atoms with Crippen LogP contribution in [0.2, 0.25) is 0 Å². The maximum absolute atomic E-state index is 4.49. The zero-order valence-electron chi connectivity index (χ0n) is 15.2. The molecule has 0 aliphatic rings. The van der Waals surface area contributed by atoms with E-state index < -0.39 is 0 Å². The Morgan fingerprint density at radius 3 is 2.65 bits per heavy atom. The molecule has 0 unspecified atom stereocenters. The van der Waals surface area contributed by atoms with E-state index in [1.165, 1.54) is 9.75 Å². The Morgan fingerprint density at radius 1 is 1.23 bits per heavy atom.